The molecule has 1 unspecified atom stereocenters. The van der Waals surface area contributed by atoms with Gasteiger partial charge in [-0.1, -0.05) is 23.8 Å². The highest BCUT2D eigenvalue weighted by molar-refractivity contribution is 5.99. The zero-order valence-electron chi connectivity index (χ0n) is 11.5. The number of aliphatic carboxylic acids is 1. The number of benzene rings is 1. The van der Waals surface area contributed by atoms with Crippen LogP contribution < -0.4 is 5.32 Å². The highest BCUT2D eigenvalue weighted by atomic mass is 16.4. The molecule has 4 nitrogen and oxygen atoms in total. The Morgan fingerprint density at radius 3 is 2.26 bits per heavy atom. The third-order valence-electron chi connectivity index (χ3n) is 2.91. The first-order valence-corrected chi connectivity index (χ1v) is 6.09. The summed E-state index contributed by atoms with van der Waals surface area (Å²) in [7, 11) is 0. The van der Waals surface area contributed by atoms with E-state index in [1.165, 1.54) is 6.08 Å². The predicted octanol–water partition coefficient (Wildman–Crippen LogP) is 2.37. The summed E-state index contributed by atoms with van der Waals surface area (Å²) in [6.45, 7) is 9.14. The van der Waals surface area contributed by atoms with E-state index in [4.69, 9.17) is 5.11 Å². The molecule has 1 aromatic carbocycles. The molecular formula is C15H19NO3. The van der Waals surface area contributed by atoms with Gasteiger partial charge < -0.3 is 10.4 Å². The van der Waals surface area contributed by atoms with Crippen molar-refractivity contribution in [3.63, 3.8) is 0 Å². The van der Waals surface area contributed by atoms with E-state index in [2.05, 4.69) is 11.9 Å². The monoisotopic (exact) mass is 261 g/mol. The number of rotatable bonds is 5. The van der Waals surface area contributed by atoms with Crippen molar-refractivity contribution < 1.29 is 14.7 Å². The fraction of sp³-hybridized carbons (Fsp3) is 0.333. The molecule has 0 aliphatic carbocycles. The number of aryl methyl sites for hydroxylation is 3. The van der Waals surface area contributed by atoms with Crippen molar-refractivity contribution in [3.8, 4) is 0 Å². The first-order valence-electron chi connectivity index (χ1n) is 6.09. The van der Waals surface area contributed by atoms with Gasteiger partial charge >= 0.3 is 5.97 Å². The number of nitrogens with one attached hydrogen (secondary N) is 1. The normalized spacial score (nSPS) is 11.7. The summed E-state index contributed by atoms with van der Waals surface area (Å²) in [5, 5.41) is 11.5. The molecule has 0 radical (unpaired) electrons. The summed E-state index contributed by atoms with van der Waals surface area (Å²) in [5.74, 6) is -1.42. The lowest BCUT2D eigenvalue weighted by molar-refractivity contribution is -0.139. The first-order chi connectivity index (χ1) is 8.86. The molecule has 19 heavy (non-hydrogen) atoms. The Labute approximate surface area is 113 Å². The van der Waals surface area contributed by atoms with Crippen LogP contribution in [0.4, 0.5) is 0 Å². The molecule has 1 rings (SSSR count). The Bertz CT molecular complexity index is 497. The van der Waals surface area contributed by atoms with E-state index in [1.54, 1.807) is 0 Å². The maximum atomic E-state index is 12.2. The van der Waals surface area contributed by atoms with Gasteiger partial charge in [0.05, 0.1) is 0 Å². The van der Waals surface area contributed by atoms with Gasteiger partial charge in [0.1, 0.15) is 6.04 Å². The van der Waals surface area contributed by atoms with E-state index in [1.807, 2.05) is 32.9 Å². The molecule has 1 atom stereocenters. The summed E-state index contributed by atoms with van der Waals surface area (Å²) in [4.78, 5) is 23.2. The molecule has 4 heteroatoms. The maximum Gasteiger partial charge on any atom is 0.326 e. The summed E-state index contributed by atoms with van der Waals surface area (Å²) < 4.78 is 0. The van der Waals surface area contributed by atoms with E-state index >= 15 is 0 Å². The minimum atomic E-state index is -1.06. The molecule has 102 valence electrons. The Balaban J connectivity index is 3.01. The quantitative estimate of drug-likeness (QED) is 0.800. The zero-order chi connectivity index (χ0) is 14.6. The highest BCUT2D eigenvalue weighted by Crippen LogP contribution is 2.16. The van der Waals surface area contributed by atoms with Gasteiger partial charge in [-0.2, -0.15) is 0 Å². The van der Waals surface area contributed by atoms with Gasteiger partial charge in [0, 0.05) is 5.56 Å². The average molecular weight is 261 g/mol. The van der Waals surface area contributed by atoms with Crippen molar-refractivity contribution in [2.75, 3.05) is 0 Å². The van der Waals surface area contributed by atoms with Gasteiger partial charge in [0.15, 0.2) is 0 Å². The number of carboxylic acids is 1. The van der Waals surface area contributed by atoms with Crippen LogP contribution in [0.1, 0.15) is 33.5 Å². The van der Waals surface area contributed by atoms with Gasteiger partial charge in [0.2, 0.25) is 0 Å². The first kappa shape index (κ1) is 15.0. The third kappa shape index (κ3) is 3.68. The largest absolute Gasteiger partial charge is 0.480 e. The second-order valence-corrected chi connectivity index (χ2v) is 4.66. The molecule has 1 aromatic rings. The van der Waals surface area contributed by atoms with Crippen LogP contribution in [0.15, 0.2) is 24.8 Å². The molecule has 0 saturated heterocycles. The SMILES string of the molecule is C=CCC(NC(=O)c1c(C)cc(C)cc1C)C(=O)O. The number of hydrogen-bond acceptors (Lipinski definition) is 2. The van der Waals surface area contributed by atoms with Crippen LogP contribution >= 0.6 is 0 Å². The minimum absolute atomic E-state index is 0.199. The topological polar surface area (TPSA) is 66.4 Å². The fourth-order valence-corrected chi connectivity index (χ4v) is 2.16. The van der Waals surface area contributed by atoms with E-state index in [9.17, 15) is 9.59 Å². The zero-order valence-corrected chi connectivity index (χ0v) is 11.5. The molecule has 2 N–H and O–H groups in total. The Morgan fingerprint density at radius 1 is 1.32 bits per heavy atom. The minimum Gasteiger partial charge on any atom is -0.480 e. The smallest absolute Gasteiger partial charge is 0.326 e. The molecule has 0 aliphatic heterocycles. The van der Waals surface area contributed by atoms with E-state index in [-0.39, 0.29) is 12.3 Å². The molecule has 0 saturated carbocycles. The van der Waals surface area contributed by atoms with Crippen molar-refractivity contribution in [2.45, 2.75) is 33.2 Å². The third-order valence-corrected chi connectivity index (χ3v) is 2.91. The van der Waals surface area contributed by atoms with Crippen LogP contribution in [0.25, 0.3) is 0 Å². The molecule has 1 amide bonds. The molecule has 0 aromatic heterocycles. The van der Waals surface area contributed by atoms with Gasteiger partial charge in [-0.05, 0) is 38.3 Å². The number of amides is 1. The summed E-state index contributed by atoms with van der Waals surface area (Å²) in [6.07, 6.45) is 1.68. The fourth-order valence-electron chi connectivity index (χ4n) is 2.16. The van der Waals surface area contributed by atoms with E-state index in [0.717, 1.165) is 16.7 Å². The van der Waals surface area contributed by atoms with Gasteiger partial charge in [0.25, 0.3) is 5.91 Å². The lowest BCUT2D eigenvalue weighted by Crippen LogP contribution is -2.40. The summed E-state index contributed by atoms with van der Waals surface area (Å²) in [5.41, 5.74) is 3.31. The van der Waals surface area contributed by atoms with E-state index < -0.39 is 12.0 Å². The van der Waals surface area contributed by atoms with Crippen LogP contribution in [0.2, 0.25) is 0 Å². The lowest BCUT2D eigenvalue weighted by atomic mass is 9.99. The molecule has 0 aliphatic rings. The van der Waals surface area contributed by atoms with Crippen LogP contribution in [0.3, 0.4) is 0 Å². The number of carbonyl (C=O) groups is 2. The van der Waals surface area contributed by atoms with Crippen molar-refractivity contribution >= 4 is 11.9 Å². The van der Waals surface area contributed by atoms with Gasteiger partial charge in [-0.15, -0.1) is 6.58 Å². The molecule has 0 heterocycles. The van der Waals surface area contributed by atoms with Crippen LogP contribution in [-0.4, -0.2) is 23.0 Å². The number of carboxylic acid groups (broad SMARTS) is 1. The summed E-state index contributed by atoms with van der Waals surface area (Å²) in [6, 6.07) is 2.88. The Kier molecular flexibility index (Phi) is 4.87. The summed E-state index contributed by atoms with van der Waals surface area (Å²) >= 11 is 0. The highest BCUT2D eigenvalue weighted by Gasteiger charge is 2.21. The second-order valence-electron chi connectivity index (χ2n) is 4.66. The average Bonchev–Trinajstić information content (AvgIpc) is 2.26. The Hall–Kier alpha value is -2.10. The standard InChI is InChI=1S/C15H19NO3/c1-5-6-12(15(18)19)16-14(17)13-10(3)7-9(2)8-11(13)4/h5,7-8,12H,1,6H2,2-4H3,(H,16,17)(H,18,19). The molecule has 0 spiro atoms. The van der Waals surface area contributed by atoms with Crippen molar-refractivity contribution in [1.82, 2.24) is 5.32 Å². The van der Waals surface area contributed by atoms with Crippen molar-refractivity contribution in [2.24, 2.45) is 0 Å². The number of hydrogen-bond donors (Lipinski definition) is 2. The molecule has 0 fully saturated rings. The van der Waals surface area contributed by atoms with Crippen molar-refractivity contribution in [3.05, 3.63) is 47.0 Å². The van der Waals surface area contributed by atoms with Crippen molar-refractivity contribution in [1.29, 1.82) is 0 Å². The Morgan fingerprint density at radius 2 is 1.84 bits per heavy atom. The van der Waals surface area contributed by atoms with Crippen LogP contribution in [0.5, 0.6) is 0 Å². The van der Waals surface area contributed by atoms with Gasteiger partial charge in [-0.3, -0.25) is 4.79 Å². The van der Waals surface area contributed by atoms with E-state index in [0.29, 0.717) is 5.56 Å². The van der Waals surface area contributed by atoms with Crippen LogP contribution in [0, 0.1) is 20.8 Å². The molecular weight excluding hydrogens is 242 g/mol. The second kappa shape index (κ2) is 6.18. The number of carbonyl (C=O) groups excluding carboxylic acids is 1. The van der Waals surface area contributed by atoms with Crippen LogP contribution in [-0.2, 0) is 4.79 Å². The molecule has 0 bridgehead atoms. The lowest BCUT2D eigenvalue weighted by Gasteiger charge is -2.15. The maximum absolute atomic E-state index is 12.2. The predicted molar refractivity (Wildman–Crippen MR) is 74.4 cm³/mol. The van der Waals surface area contributed by atoms with Gasteiger partial charge in [-0.25, -0.2) is 4.79 Å².